The Kier molecular flexibility index (Phi) is 10.9. The summed E-state index contributed by atoms with van der Waals surface area (Å²) in [4.78, 5) is 41.5. The van der Waals surface area contributed by atoms with Gasteiger partial charge in [-0.15, -0.1) is 0 Å². The van der Waals surface area contributed by atoms with Gasteiger partial charge in [-0.05, 0) is 104 Å². The average molecular weight is 704 g/mol. The number of aryl methyl sites for hydroxylation is 3. The molecule has 5 rings (SSSR count). The SMILES string of the molecule is Cc1cc(-c2c(C)cc(F)cc2C)cc([C@@H](CC(=O)O)NC(=O)[C@@H](CC(C)C)n2cc(CCN3C[C@@H]4C[C@H]3CO4)c(C(F)(F)F)cc2=O)c1F. The lowest BCUT2D eigenvalue weighted by Gasteiger charge is -2.28. The lowest BCUT2D eigenvalue weighted by molar-refractivity contribution is -0.139. The second-order valence-corrected chi connectivity index (χ2v) is 14.0. The number of benzene rings is 2. The first-order chi connectivity index (χ1) is 23.4. The Morgan fingerprint density at radius 3 is 2.28 bits per heavy atom. The van der Waals surface area contributed by atoms with E-state index in [4.69, 9.17) is 4.74 Å². The summed E-state index contributed by atoms with van der Waals surface area (Å²) in [6, 6.07) is 3.50. The highest BCUT2D eigenvalue weighted by Gasteiger charge is 2.40. The minimum Gasteiger partial charge on any atom is -0.481 e. The maximum Gasteiger partial charge on any atom is 0.416 e. The van der Waals surface area contributed by atoms with Crippen LogP contribution in [-0.4, -0.2) is 58.3 Å². The van der Waals surface area contributed by atoms with Crippen molar-refractivity contribution in [1.29, 1.82) is 0 Å². The van der Waals surface area contributed by atoms with Crippen LogP contribution in [0.15, 0.2) is 41.3 Å². The van der Waals surface area contributed by atoms with E-state index in [1.165, 1.54) is 25.1 Å². The van der Waals surface area contributed by atoms with Crippen molar-refractivity contribution in [3.63, 3.8) is 0 Å². The topological polar surface area (TPSA) is 101 Å². The van der Waals surface area contributed by atoms with Crippen LogP contribution in [0.1, 0.15) is 78.6 Å². The number of rotatable bonds is 12. The van der Waals surface area contributed by atoms with Crippen LogP contribution in [0.3, 0.4) is 0 Å². The Hall–Kier alpha value is -4.10. The highest BCUT2D eigenvalue weighted by molar-refractivity contribution is 5.82. The molecule has 0 saturated carbocycles. The molecule has 2 aliphatic heterocycles. The van der Waals surface area contributed by atoms with Crippen molar-refractivity contribution in [3.05, 3.63) is 91.9 Å². The number of halogens is 5. The van der Waals surface area contributed by atoms with E-state index in [1.807, 2.05) is 0 Å². The second-order valence-electron chi connectivity index (χ2n) is 14.0. The highest BCUT2D eigenvalue weighted by Crippen LogP contribution is 2.36. The van der Waals surface area contributed by atoms with Crippen LogP contribution < -0.4 is 10.9 Å². The standard InChI is InChI=1S/C37H42F5N3O5/c1-19(2)8-31(45-16-23(29(14-32(45)46)37(40,41)42)6-7-44-17-27-13-26(44)18-50-27)36(49)43-30(15-33(47)48)28-12-24(9-22(5)35(28)39)34-20(3)10-25(38)11-21(34)4/h9-12,14,16,19,26-27,30-31H,6-8,13,15,17-18H2,1-5H3,(H,43,49)(H,47,48)/t26-,27-,30+,31+/m0/s1. The van der Waals surface area contributed by atoms with Crippen molar-refractivity contribution >= 4 is 11.9 Å². The monoisotopic (exact) mass is 703 g/mol. The molecule has 50 heavy (non-hydrogen) atoms. The fourth-order valence-corrected chi connectivity index (χ4v) is 7.35. The van der Waals surface area contributed by atoms with Crippen molar-refractivity contribution in [2.75, 3.05) is 19.7 Å². The van der Waals surface area contributed by atoms with Gasteiger partial charge in [0, 0.05) is 37.0 Å². The molecule has 0 spiro atoms. The number of nitrogens with zero attached hydrogens (tertiary/aromatic N) is 2. The Morgan fingerprint density at radius 1 is 1.04 bits per heavy atom. The first-order valence-corrected chi connectivity index (χ1v) is 16.7. The van der Waals surface area contributed by atoms with E-state index in [2.05, 4.69) is 10.2 Å². The number of carboxylic acids is 1. The van der Waals surface area contributed by atoms with Crippen LogP contribution in [0, 0.1) is 38.3 Å². The number of amides is 1. The first-order valence-electron chi connectivity index (χ1n) is 16.7. The molecule has 0 aliphatic carbocycles. The molecule has 0 unspecified atom stereocenters. The van der Waals surface area contributed by atoms with Crippen molar-refractivity contribution in [2.24, 2.45) is 5.92 Å². The lowest BCUT2D eigenvalue weighted by Crippen LogP contribution is -2.41. The predicted octanol–water partition coefficient (Wildman–Crippen LogP) is 6.67. The molecule has 3 aromatic rings. The number of carboxylic acid groups (broad SMARTS) is 1. The van der Waals surface area contributed by atoms with Crippen molar-refractivity contribution < 1.29 is 41.4 Å². The lowest BCUT2D eigenvalue weighted by atomic mass is 9.90. The molecule has 1 aromatic heterocycles. The highest BCUT2D eigenvalue weighted by atomic mass is 19.4. The quantitative estimate of drug-likeness (QED) is 0.205. The Balaban J connectivity index is 1.52. The van der Waals surface area contributed by atoms with Gasteiger partial charge in [-0.25, -0.2) is 8.78 Å². The van der Waals surface area contributed by atoms with Crippen LogP contribution in [-0.2, 0) is 26.9 Å². The van der Waals surface area contributed by atoms with Crippen LogP contribution >= 0.6 is 0 Å². The molecular weight excluding hydrogens is 661 g/mol. The number of morpholine rings is 1. The van der Waals surface area contributed by atoms with Gasteiger partial charge in [-0.2, -0.15) is 13.2 Å². The molecular formula is C37H42F5N3O5. The molecule has 2 saturated heterocycles. The van der Waals surface area contributed by atoms with Crippen LogP contribution in [0.25, 0.3) is 11.1 Å². The van der Waals surface area contributed by atoms with Crippen LogP contribution in [0.2, 0.25) is 0 Å². The molecule has 2 bridgehead atoms. The van der Waals surface area contributed by atoms with Gasteiger partial charge in [0.1, 0.15) is 17.7 Å². The second kappa shape index (κ2) is 14.6. The minimum atomic E-state index is -4.81. The summed E-state index contributed by atoms with van der Waals surface area (Å²) >= 11 is 0. The summed E-state index contributed by atoms with van der Waals surface area (Å²) in [5.74, 6) is -3.61. The van der Waals surface area contributed by atoms with E-state index in [0.717, 1.165) is 17.2 Å². The van der Waals surface area contributed by atoms with E-state index in [9.17, 15) is 37.1 Å². The van der Waals surface area contributed by atoms with Gasteiger partial charge >= 0.3 is 12.1 Å². The number of pyridine rings is 1. The number of carbonyl (C=O) groups excluding carboxylic acids is 1. The predicted molar refractivity (Wildman–Crippen MR) is 177 cm³/mol. The average Bonchev–Trinajstić information content (AvgIpc) is 3.63. The summed E-state index contributed by atoms with van der Waals surface area (Å²) in [5, 5.41) is 12.4. The molecule has 2 fully saturated rings. The first kappa shape index (κ1) is 37.2. The van der Waals surface area contributed by atoms with Gasteiger partial charge in [0.2, 0.25) is 5.91 Å². The molecule has 1 amide bonds. The van der Waals surface area contributed by atoms with E-state index in [-0.39, 0.29) is 47.6 Å². The van der Waals surface area contributed by atoms with Gasteiger partial charge in [-0.1, -0.05) is 13.8 Å². The van der Waals surface area contributed by atoms with Gasteiger partial charge in [0.05, 0.1) is 30.7 Å². The molecule has 0 radical (unpaired) electrons. The third-order valence-corrected chi connectivity index (χ3v) is 9.62. The normalized spacial score (nSPS) is 18.9. The van der Waals surface area contributed by atoms with E-state index in [1.54, 1.807) is 33.8 Å². The number of likely N-dealkylation sites (tertiary alicyclic amines) is 1. The fourth-order valence-electron chi connectivity index (χ4n) is 7.35. The third-order valence-electron chi connectivity index (χ3n) is 9.62. The number of aromatic nitrogens is 1. The maximum absolute atomic E-state index is 15.8. The molecule has 2 N–H and O–H groups in total. The number of carbonyl (C=O) groups is 2. The summed E-state index contributed by atoms with van der Waals surface area (Å²) in [7, 11) is 0. The van der Waals surface area contributed by atoms with Crippen molar-refractivity contribution in [1.82, 2.24) is 14.8 Å². The van der Waals surface area contributed by atoms with Crippen molar-refractivity contribution in [2.45, 2.75) is 90.7 Å². The number of ether oxygens (including phenoxy) is 1. The number of aliphatic carboxylic acids is 1. The Bertz CT molecular complexity index is 1820. The van der Waals surface area contributed by atoms with Gasteiger partial charge in [0.15, 0.2) is 0 Å². The summed E-state index contributed by atoms with van der Waals surface area (Å²) in [5.41, 5.74) is -0.00728. The largest absolute Gasteiger partial charge is 0.481 e. The smallest absolute Gasteiger partial charge is 0.416 e. The maximum atomic E-state index is 15.8. The molecule has 3 heterocycles. The summed E-state index contributed by atoms with van der Waals surface area (Å²) in [6.07, 6.45) is -3.60. The number of hydrogen-bond acceptors (Lipinski definition) is 5. The van der Waals surface area contributed by atoms with E-state index >= 15 is 4.39 Å². The molecule has 13 heteroatoms. The zero-order chi connectivity index (χ0) is 36.7. The van der Waals surface area contributed by atoms with E-state index < -0.39 is 59.3 Å². The number of nitrogens with one attached hydrogen (secondary N) is 1. The molecule has 4 atom stereocenters. The summed E-state index contributed by atoms with van der Waals surface area (Å²) in [6.45, 7) is 9.83. The Morgan fingerprint density at radius 2 is 1.72 bits per heavy atom. The molecule has 2 aliphatic rings. The molecule has 2 aromatic carbocycles. The van der Waals surface area contributed by atoms with Gasteiger partial charge in [0.25, 0.3) is 5.56 Å². The van der Waals surface area contributed by atoms with E-state index in [0.29, 0.717) is 48.0 Å². The fraction of sp³-hybridized carbons (Fsp3) is 0.486. The zero-order valence-corrected chi connectivity index (χ0v) is 28.7. The molecule has 8 nitrogen and oxygen atoms in total. The van der Waals surface area contributed by atoms with Crippen molar-refractivity contribution in [3.8, 4) is 11.1 Å². The van der Waals surface area contributed by atoms with Gasteiger partial charge in [-0.3, -0.25) is 19.3 Å². The van der Waals surface area contributed by atoms with Gasteiger partial charge < -0.3 is 19.7 Å². The summed E-state index contributed by atoms with van der Waals surface area (Å²) < 4.78 is 79.0. The number of hydrogen-bond donors (Lipinski definition) is 2. The third kappa shape index (κ3) is 8.10. The Labute approximate surface area is 287 Å². The van der Waals surface area contributed by atoms with Crippen LogP contribution in [0.5, 0.6) is 0 Å². The zero-order valence-electron chi connectivity index (χ0n) is 28.7. The number of fused-ring (bicyclic) bond motifs is 2. The number of alkyl halides is 3. The van der Waals surface area contributed by atoms with Crippen LogP contribution in [0.4, 0.5) is 22.0 Å². The minimum absolute atomic E-state index is 0.0269. The molecule has 270 valence electrons.